The van der Waals surface area contributed by atoms with E-state index >= 15 is 0 Å². The number of aromatic nitrogens is 8. The average molecular weight is 926 g/mol. The number of nitrogens with zero attached hydrogens (tertiary/aromatic N) is 9. The highest BCUT2D eigenvalue weighted by Gasteiger charge is 2.27. The monoisotopic (exact) mass is 925 g/mol. The van der Waals surface area contributed by atoms with Crippen LogP contribution < -0.4 is 9.47 Å². The summed E-state index contributed by atoms with van der Waals surface area (Å²) in [6.07, 6.45) is 6.96. The van der Waals surface area contributed by atoms with E-state index in [4.69, 9.17) is 38.2 Å². The molecular formula is C52H60FN9O6. The Hall–Kier alpha value is -6.78. The number of halogens is 1. The van der Waals surface area contributed by atoms with Gasteiger partial charge in [0.2, 0.25) is 0 Å². The van der Waals surface area contributed by atoms with Gasteiger partial charge < -0.3 is 32.4 Å². The molecular weight excluding hydrogens is 866 g/mol. The number of methoxy groups -OCH3 is 2. The molecule has 356 valence electrons. The van der Waals surface area contributed by atoms with Gasteiger partial charge in [0.25, 0.3) is 0 Å². The van der Waals surface area contributed by atoms with Gasteiger partial charge in [0, 0.05) is 73.2 Å². The fourth-order valence-electron chi connectivity index (χ4n) is 9.27. The van der Waals surface area contributed by atoms with Crippen LogP contribution in [-0.2, 0) is 48.3 Å². The highest BCUT2D eigenvalue weighted by Crippen LogP contribution is 2.31. The van der Waals surface area contributed by atoms with Crippen LogP contribution in [0.15, 0.2) is 76.0 Å². The number of carbonyl (C=O) groups is 1. The van der Waals surface area contributed by atoms with Gasteiger partial charge in [-0.2, -0.15) is 0 Å². The van der Waals surface area contributed by atoms with Gasteiger partial charge in [0.15, 0.2) is 22.9 Å². The molecule has 1 unspecified atom stereocenters. The number of carbonyl (C=O) groups excluding carboxylic acids is 1. The molecule has 3 atom stereocenters. The first-order valence-electron chi connectivity index (χ1n) is 23.1. The number of aryl methyl sites for hydroxylation is 8. The van der Waals surface area contributed by atoms with Gasteiger partial charge in [-0.15, -0.1) is 0 Å². The van der Waals surface area contributed by atoms with E-state index in [1.54, 1.807) is 19.4 Å². The van der Waals surface area contributed by atoms with Crippen molar-refractivity contribution >= 4 is 28.1 Å². The molecule has 1 fully saturated rings. The Morgan fingerprint density at radius 2 is 1.26 bits per heavy atom. The standard InChI is InChI=1S/C29H37N5O3.C23H23FN4O3/c1-18(33-16-19(2)36-20(3)17-33)15-34-27(12-9-23-7-10-25(35-6)11-8-23)31-26-13-24(14-30-29(26)34)28-21(4)32-37-22(28)5;1-13(29)12-28-21(8-6-16-5-7-20(30-4)18(24)9-16)26-19-10-17(11-25-23(19)28)22-14(2)27-31-15(22)3/h7-8,10-11,13-14,18-20H,9,12,15-17H2,1-6H3;5,7,9-11H,6,8,12H2,1-4H3/t18?,19-,20+;. The number of pyridine rings is 2. The number of imidazole rings is 2. The normalized spacial score (nSPS) is 15.7. The van der Waals surface area contributed by atoms with Gasteiger partial charge in [-0.05, 0) is 116 Å². The van der Waals surface area contributed by atoms with E-state index < -0.39 is 5.82 Å². The van der Waals surface area contributed by atoms with Crippen molar-refractivity contribution in [2.24, 2.45) is 0 Å². The number of benzene rings is 2. The molecule has 0 amide bonds. The molecule has 1 aliphatic rings. The lowest BCUT2D eigenvalue weighted by molar-refractivity contribution is -0.117. The molecule has 0 N–H and O–H groups in total. The van der Waals surface area contributed by atoms with E-state index in [9.17, 15) is 9.18 Å². The van der Waals surface area contributed by atoms with Crippen LogP contribution >= 0.6 is 0 Å². The van der Waals surface area contributed by atoms with Crippen molar-refractivity contribution in [2.45, 2.75) is 112 Å². The number of hydrogen-bond donors (Lipinski definition) is 0. The predicted octanol–water partition coefficient (Wildman–Crippen LogP) is 9.22. The zero-order valence-electron chi connectivity index (χ0n) is 40.6. The van der Waals surface area contributed by atoms with Crippen molar-refractivity contribution in [3.8, 4) is 33.8 Å². The fourth-order valence-corrected chi connectivity index (χ4v) is 9.27. The Morgan fingerprint density at radius 3 is 1.76 bits per heavy atom. The predicted molar refractivity (Wildman–Crippen MR) is 257 cm³/mol. The van der Waals surface area contributed by atoms with E-state index in [0.717, 1.165) is 106 Å². The van der Waals surface area contributed by atoms with Gasteiger partial charge in [-0.1, -0.05) is 28.5 Å². The summed E-state index contributed by atoms with van der Waals surface area (Å²) in [5.41, 5.74) is 10.6. The second-order valence-corrected chi connectivity index (χ2v) is 17.9. The molecule has 9 rings (SSSR count). The summed E-state index contributed by atoms with van der Waals surface area (Å²) in [5, 5.41) is 8.13. The molecule has 0 spiro atoms. The number of ether oxygens (including phenoxy) is 3. The first-order valence-corrected chi connectivity index (χ1v) is 23.1. The van der Waals surface area contributed by atoms with Crippen LogP contribution in [-0.4, -0.2) is 95.6 Å². The third kappa shape index (κ3) is 10.5. The Bertz CT molecular complexity index is 3000. The van der Waals surface area contributed by atoms with Crippen LogP contribution in [0.3, 0.4) is 0 Å². The van der Waals surface area contributed by atoms with E-state index in [1.165, 1.54) is 25.7 Å². The molecule has 2 aromatic carbocycles. The van der Waals surface area contributed by atoms with Crippen LogP contribution in [0.1, 0.15) is 73.4 Å². The summed E-state index contributed by atoms with van der Waals surface area (Å²) in [5.74, 6) is 3.97. The molecule has 68 heavy (non-hydrogen) atoms. The zero-order valence-corrected chi connectivity index (χ0v) is 40.6. The molecule has 1 aliphatic heterocycles. The van der Waals surface area contributed by atoms with E-state index in [1.807, 2.05) is 62.7 Å². The van der Waals surface area contributed by atoms with E-state index in [-0.39, 0.29) is 30.3 Å². The molecule has 8 aromatic rings. The van der Waals surface area contributed by atoms with Crippen molar-refractivity contribution in [1.82, 2.24) is 44.3 Å². The van der Waals surface area contributed by atoms with Crippen LogP contribution in [0.25, 0.3) is 44.6 Å². The second kappa shape index (κ2) is 20.6. The minimum Gasteiger partial charge on any atom is -0.497 e. The molecule has 7 heterocycles. The number of fused-ring (bicyclic) bond motifs is 2. The molecule has 15 nitrogen and oxygen atoms in total. The summed E-state index contributed by atoms with van der Waals surface area (Å²) in [7, 11) is 3.13. The molecule has 6 aromatic heterocycles. The lowest BCUT2D eigenvalue weighted by Crippen LogP contribution is -2.50. The largest absolute Gasteiger partial charge is 0.497 e. The molecule has 0 saturated carbocycles. The van der Waals surface area contributed by atoms with Crippen LogP contribution in [0, 0.1) is 33.5 Å². The first kappa shape index (κ1) is 47.7. The highest BCUT2D eigenvalue weighted by molar-refractivity contribution is 5.83. The summed E-state index contributed by atoms with van der Waals surface area (Å²) in [6.45, 7) is 18.6. The second-order valence-electron chi connectivity index (χ2n) is 17.9. The lowest BCUT2D eigenvalue weighted by atomic mass is 10.1. The third-order valence-corrected chi connectivity index (χ3v) is 12.5. The molecule has 1 saturated heterocycles. The van der Waals surface area contributed by atoms with Crippen molar-refractivity contribution in [3.63, 3.8) is 0 Å². The van der Waals surface area contributed by atoms with E-state index in [0.29, 0.717) is 35.8 Å². The number of ketones is 1. The smallest absolute Gasteiger partial charge is 0.165 e. The Labute approximate surface area is 395 Å². The van der Waals surface area contributed by atoms with Crippen molar-refractivity contribution < 1.29 is 32.4 Å². The number of rotatable bonds is 15. The van der Waals surface area contributed by atoms with Gasteiger partial charge >= 0.3 is 0 Å². The molecule has 0 bridgehead atoms. The molecule has 16 heteroatoms. The molecule has 0 radical (unpaired) electrons. The summed E-state index contributed by atoms with van der Waals surface area (Å²) in [4.78, 5) is 33.8. The Kier molecular flexibility index (Phi) is 14.5. The summed E-state index contributed by atoms with van der Waals surface area (Å²) in [6, 6.07) is 17.6. The summed E-state index contributed by atoms with van der Waals surface area (Å²) >= 11 is 0. The first-order chi connectivity index (χ1) is 32.7. The molecule has 0 aliphatic carbocycles. The van der Waals surface area contributed by atoms with Crippen molar-refractivity contribution in [1.29, 1.82) is 0 Å². The summed E-state index contributed by atoms with van der Waals surface area (Å²) < 4.78 is 45.1. The maximum Gasteiger partial charge on any atom is 0.165 e. The highest BCUT2D eigenvalue weighted by atomic mass is 19.1. The number of hydrogen-bond acceptors (Lipinski definition) is 13. The van der Waals surface area contributed by atoms with Crippen molar-refractivity contribution in [3.05, 3.63) is 118 Å². The Morgan fingerprint density at radius 1 is 0.735 bits per heavy atom. The quantitative estimate of drug-likeness (QED) is 0.0958. The number of morpholine rings is 1. The van der Waals surface area contributed by atoms with E-state index in [2.05, 4.69) is 63.7 Å². The van der Waals surface area contributed by atoms with Gasteiger partial charge in [-0.25, -0.2) is 24.3 Å². The third-order valence-electron chi connectivity index (χ3n) is 12.5. The number of Topliss-reactive ketones (excluding diaryl/α,β-unsaturated/α-hetero) is 1. The average Bonchev–Trinajstić information content (AvgIpc) is 4.05. The van der Waals surface area contributed by atoms with Gasteiger partial charge in [0.1, 0.15) is 45.7 Å². The van der Waals surface area contributed by atoms with Gasteiger partial charge in [-0.3, -0.25) is 9.69 Å². The Balaban J connectivity index is 0.000000187. The maximum absolute atomic E-state index is 14.0. The fraction of sp³-hybridized carbons (Fsp3) is 0.404. The van der Waals surface area contributed by atoms with Crippen LogP contribution in [0.5, 0.6) is 11.5 Å². The minimum absolute atomic E-state index is 0.00708. The van der Waals surface area contributed by atoms with Crippen LogP contribution in [0.4, 0.5) is 4.39 Å². The minimum atomic E-state index is -0.400. The maximum atomic E-state index is 14.0. The van der Waals surface area contributed by atoms with Crippen molar-refractivity contribution in [2.75, 3.05) is 27.3 Å². The van der Waals surface area contributed by atoms with Crippen LogP contribution in [0.2, 0.25) is 0 Å². The zero-order chi connectivity index (χ0) is 48.2. The van der Waals surface area contributed by atoms with Gasteiger partial charge in [0.05, 0.1) is 44.4 Å². The SMILES string of the molecule is COc1ccc(CCc2nc3cc(-c4c(C)noc4C)cnc3n2CC(C)=O)cc1F.COc1ccc(CCc2nc3cc(-c4c(C)noc4C)cnc3n2CC(C)N2C[C@@H](C)O[C@@H](C)C2)cc1. The lowest BCUT2D eigenvalue weighted by Gasteiger charge is -2.39. The topological polar surface area (TPSA) is 161 Å².